The number of likely N-dealkylation sites (N-methyl/N-ethyl adjacent to an activating group) is 1. The molecule has 0 amide bonds. The number of phosphoric ester groups is 1. The zero-order valence-electron chi connectivity index (χ0n) is 45.0. The summed E-state index contributed by atoms with van der Waals surface area (Å²) in [6, 6.07) is 0. The Morgan fingerprint density at radius 3 is 1.23 bits per heavy atom. The quantitative estimate of drug-likeness (QED) is 0.0211. The molecule has 0 radical (unpaired) electrons. The van der Waals surface area contributed by atoms with Gasteiger partial charge in [-0.1, -0.05) is 227 Å². The van der Waals surface area contributed by atoms with Crippen LogP contribution in [0.2, 0.25) is 0 Å². The van der Waals surface area contributed by atoms with Gasteiger partial charge < -0.3 is 18.9 Å². The summed E-state index contributed by atoms with van der Waals surface area (Å²) in [5.74, 6) is -0.806. The van der Waals surface area contributed by atoms with Gasteiger partial charge in [0.15, 0.2) is 6.10 Å². The zero-order chi connectivity index (χ0) is 50.6. The Bertz CT molecular complexity index is 1440. The molecule has 0 bridgehead atoms. The second kappa shape index (κ2) is 50.1. The first kappa shape index (κ1) is 66.2. The van der Waals surface area contributed by atoms with Crippen molar-refractivity contribution >= 4 is 19.8 Å². The van der Waals surface area contributed by atoms with Crippen molar-refractivity contribution in [2.24, 2.45) is 0 Å². The van der Waals surface area contributed by atoms with Crippen LogP contribution in [-0.4, -0.2) is 74.9 Å². The molecule has 0 aromatic carbocycles. The summed E-state index contributed by atoms with van der Waals surface area (Å²) in [6.07, 6.45) is 67.1. The Morgan fingerprint density at radius 1 is 0.464 bits per heavy atom. The third-order valence-corrected chi connectivity index (χ3v) is 12.7. The van der Waals surface area contributed by atoms with E-state index in [1.165, 1.54) is 109 Å². The van der Waals surface area contributed by atoms with Crippen molar-refractivity contribution in [2.75, 3.05) is 47.5 Å². The van der Waals surface area contributed by atoms with Crippen LogP contribution in [0.4, 0.5) is 0 Å². The molecule has 0 rings (SSSR count). The predicted octanol–water partition coefficient (Wildman–Crippen LogP) is 17.1. The number of esters is 2. The molecule has 0 aliphatic rings. The molecule has 1 N–H and O–H groups in total. The molecule has 0 aromatic heterocycles. The van der Waals surface area contributed by atoms with E-state index in [1.807, 2.05) is 21.1 Å². The largest absolute Gasteiger partial charge is 0.472 e. The van der Waals surface area contributed by atoms with E-state index in [4.69, 9.17) is 18.5 Å². The summed E-state index contributed by atoms with van der Waals surface area (Å²) in [4.78, 5) is 35.2. The van der Waals surface area contributed by atoms with Gasteiger partial charge in [0.05, 0.1) is 27.7 Å². The van der Waals surface area contributed by atoms with Crippen molar-refractivity contribution in [3.05, 3.63) is 85.1 Å². The fourth-order valence-electron chi connectivity index (χ4n) is 7.41. The maximum Gasteiger partial charge on any atom is 0.472 e. The van der Waals surface area contributed by atoms with E-state index in [9.17, 15) is 19.0 Å². The average Bonchev–Trinajstić information content (AvgIpc) is 3.31. The highest BCUT2D eigenvalue weighted by Gasteiger charge is 2.27. The van der Waals surface area contributed by atoms with Crippen molar-refractivity contribution in [1.82, 2.24) is 0 Å². The molecule has 398 valence electrons. The number of carbonyl (C=O) groups excluding carboxylic acids is 2. The molecular weight excluding hydrogens is 882 g/mol. The molecule has 0 aliphatic heterocycles. The molecule has 9 nitrogen and oxygen atoms in total. The van der Waals surface area contributed by atoms with Crippen LogP contribution < -0.4 is 0 Å². The smallest absolute Gasteiger partial charge is 0.462 e. The maximum atomic E-state index is 12.7. The van der Waals surface area contributed by atoms with Crippen LogP contribution in [0.5, 0.6) is 0 Å². The number of phosphoric acid groups is 1. The SMILES string of the molecule is CC/C=C\C/C=C\C/C=C\C/C=C\C/C=C\C/C=C\C/C=C\CCCCCCCCCCCCCCCCCCCC(=O)OC(COC(=O)CCCCCCCC)COP(=O)(O)OCC[N+](C)(C)C. The molecule has 0 fully saturated rings. The van der Waals surface area contributed by atoms with Gasteiger partial charge in [-0.2, -0.15) is 0 Å². The molecule has 69 heavy (non-hydrogen) atoms. The lowest BCUT2D eigenvalue weighted by Gasteiger charge is -2.24. The molecule has 0 aliphatic carbocycles. The van der Waals surface area contributed by atoms with Gasteiger partial charge in [-0.05, 0) is 70.6 Å². The van der Waals surface area contributed by atoms with Crippen molar-refractivity contribution in [3.63, 3.8) is 0 Å². The van der Waals surface area contributed by atoms with E-state index in [2.05, 4.69) is 98.9 Å². The topological polar surface area (TPSA) is 108 Å². The number of hydrogen-bond donors (Lipinski definition) is 1. The molecule has 10 heteroatoms. The number of quaternary nitrogens is 1. The monoisotopic (exact) mass is 987 g/mol. The predicted molar refractivity (Wildman–Crippen MR) is 293 cm³/mol. The van der Waals surface area contributed by atoms with Gasteiger partial charge >= 0.3 is 19.8 Å². The first-order chi connectivity index (χ1) is 33.5. The highest BCUT2D eigenvalue weighted by Crippen LogP contribution is 2.43. The summed E-state index contributed by atoms with van der Waals surface area (Å²) in [5, 5.41) is 0. The lowest BCUT2D eigenvalue weighted by Crippen LogP contribution is -2.37. The Labute approximate surface area is 424 Å². The number of rotatable bonds is 50. The van der Waals surface area contributed by atoms with Gasteiger partial charge in [0.25, 0.3) is 0 Å². The van der Waals surface area contributed by atoms with Crippen LogP contribution in [0.25, 0.3) is 0 Å². The summed E-state index contributed by atoms with van der Waals surface area (Å²) >= 11 is 0. The molecule has 2 unspecified atom stereocenters. The van der Waals surface area contributed by atoms with Gasteiger partial charge in [-0.15, -0.1) is 0 Å². The van der Waals surface area contributed by atoms with Crippen molar-refractivity contribution in [2.45, 2.75) is 232 Å². The molecular formula is C59H105NO8P+. The number of ether oxygens (including phenoxy) is 2. The summed E-state index contributed by atoms with van der Waals surface area (Å²) in [7, 11) is 1.48. The molecule has 0 saturated heterocycles. The Hall–Kier alpha value is -2.81. The van der Waals surface area contributed by atoms with Crippen LogP contribution >= 0.6 is 7.82 Å². The van der Waals surface area contributed by atoms with Gasteiger partial charge in [0.2, 0.25) is 0 Å². The Kier molecular flexibility index (Phi) is 48.1. The fourth-order valence-corrected chi connectivity index (χ4v) is 8.15. The lowest BCUT2D eigenvalue weighted by atomic mass is 10.0. The second-order valence-electron chi connectivity index (χ2n) is 19.6. The molecule has 2 atom stereocenters. The lowest BCUT2D eigenvalue weighted by molar-refractivity contribution is -0.870. The second-order valence-corrected chi connectivity index (χ2v) is 21.0. The first-order valence-corrected chi connectivity index (χ1v) is 29.3. The number of hydrogen-bond acceptors (Lipinski definition) is 7. The van der Waals surface area contributed by atoms with Crippen molar-refractivity contribution < 1.29 is 42.1 Å². The summed E-state index contributed by atoms with van der Waals surface area (Å²) < 4.78 is 34.2. The van der Waals surface area contributed by atoms with E-state index in [0.717, 1.165) is 83.5 Å². The highest BCUT2D eigenvalue weighted by molar-refractivity contribution is 7.47. The van der Waals surface area contributed by atoms with Crippen LogP contribution in [-0.2, 0) is 32.7 Å². The first-order valence-electron chi connectivity index (χ1n) is 27.8. The van der Waals surface area contributed by atoms with E-state index in [1.54, 1.807) is 0 Å². The molecule has 0 spiro atoms. The number of nitrogens with zero attached hydrogens (tertiary/aromatic N) is 1. The zero-order valence-corrected chi connectivity index (χ0v) is 45.9. The van der Waals surface area contributed by atoms with Crippen LogP contribution in [0.3, 0.4) is 0 Å². The van der Waals surface area contributed by atoms with E-state index in [0.29, 0.717) is 17.4 Å². The normalized spacial score (nSPS) is 14.0. The average molecular weight is 987 g/mol. The minimum atomic E-state index is -4.37. The maximum absolute atomic E-state index is 12.7. The highest BCUT2D eigenvalue weighted by atomic mass is 31.2. The van der Waals surface area contributed by atoms with E-state index >= 15 is 0 Å². The minimum absolute atomic E-state index is 0.0311. The third kappa shape index (κ3) is 54.4. The van der Waals surface area contributed by atoms with Crippen LogP contribution in [0, 0.1) is 0 Å². The molecule has 0 aromatic rings. The van der Waals surface area contributed by atoms with E-state index in [-0.39, 0.29) is 32.0 Å². The summed E-state index contributed by atoms with van der Waals surface area (Å²) in [5.41, 5.74) is 0. The van der Waals surface area contributed by atoms with Gasteiger partial charge in [0, 0.05) is 12.8 Å². The number of allylic oxidation sites excluding steroid dienone is 14. The van der Waals surface area contributed by atoms with Crippen molar-refractivity contribution in [1.29, 1.82) is 0 Å². The number of carbonyl (C=O) groups is 2. The van der Waals surface area contributed by atoms with Gasteiger partial charge in [-0.3, -0.25) is 18.6 Å². The third-order valence-electron chi connectivity index (χ3n) is 11.7. The van der Waals surface area contributed by atoms with Crippen LogP contribution in [0.1, 0.15) is 226 Å². The summed E-state index contributed by atoms with van der Waals surface area (Å²) in [6.45, 7) is 4.24. The Balaban J connectivity index is 3.86. The molecule has 0 saturated carbocycles. The van der Waals surface area contributed by atoms with Crippen molar-refractivity contribution in [3.8, 4) is 0 Å². The van der Waals surface area contributed by atoms with E-state index < -0.39 is 26.5 Å². The van der Waals surface area contributed by atoms with Crippen LogP contribution in [0.15, 0.2) is 85.1 Å². The standard InChI is InChI=1S/C59H104NO8P/c1-6-8-10-12-14-15-16-17-18-19-20-21-22-23-24-25-26-27-28-29-30-31-32-33-34-35-36-37-38-39-40-41-42-43-44-45-46-48-50-52-59(62)68-57(55-65-58(61)51-49-47-13-11-9-7-2)56-67-69(63,64)66-54-53-60(3,4)5/h8,10,14-15,17-18,20-21,23-24,26-27,29-30,57H,6-7,9,11-13,16,19,22,25,28,31-56H2,1-5H3/p+1/b10-8-,15-14-,18-17-,21-20-,24-23-,27-26-,30-29-. The van der Waals surface area contributed by atoms with Gasteiger partial charge in [0.1, 0.15) is 19.8 Å². The minimum Gasteiger partial charge on any atom is -0.462 e. The number of unbranched alkanes of at least 4 members (excludes halogenated alkanes) is 22. The van der Waals surface area contributed by atoms with Gasteiger partial charge in [-0.25, -0.2) is 4.57 Å². The Morgan fingerprint density at radius 2 is 0.826 bits per heavy atom. The molecule has 0 heterocycles. The fraction of sp³-hybridized carbons (Fsp3) is 0.729.